The van der Waals surface area contributed by atoms with E-state index >= 15 is 0 Å². The van der Waals surface area contributed by atoms with Crippen molar-refractivity contribution in [2.75, 3.05) is 21.3 Å². The first kappa shape index (κ1) is 13.0. The summed E-state index contributed by atoms with van der Waals surface area (Å²) >= 11 is 3.37. The zero-order valence-corrected chi connectivity index (χ0v) is 11.1. The number of carbonyl (C=O) groups is 1. The Morgan fingerprint density at radius 3 is 2.62 bits per heavy atom. The molecule has 0 aliphatic carbocycles. The van der Waals surface area contributed by atoms with Gasteiger partial charge in [0, 0.05) is 7.05 Å². The van der Waals surface area contributed by atoms with Gasteiger partial charge in [-0.3, -0.25) is 9.63 Å². The van der Waals surface area contributed by atoms with Crippen LogP contribution < -0.4 is 4.74 Å². The molecule has 0 spiro atoms. The standard InChI is InChI=1S/C11H14BrNO3/c1-13(16-3)11(14)7-8-4-5-10(15-2)9(12)6-8/h4-6H,7H2,1-3H3. The van der Waals surface area contributed by atoms with Gasteiger partial charge >= 0.3 is 0 Å². The molecule has 0 heterocycles. The molecule has 1 aromatic carbocycles. The molecule has 0 aliphatic heterocycles. The van der Waals surface area contributed by atoms with Crippen molar-refractivity contribution >= 4 is 21.8 Å². The van der Waals surface area contributed by atoms with Crippen LogP contribution in [0.2, 0.25) is 0 Å². The second-order valence-corrected chi connectivity index (χ2v) is 4.07. The quantitative estimate of drug-likeness (QED) is 0.796. The summed E-state index contributed by atoms with van der Waals surface area (Å²) in [4.78, 5) is 16.4. The molecule has 88 valence electrons. The van der Waals surface area contributed by atoms with Crippen molar-refractivity contribution < 1.29 is 14.4 Å². The highest BCUT2D eigenvalue weighted by Gasteiger charge is 2.10. The number of hydrogen-bond acceptors (Lipinski definition) is 3. The fourth-order valence-electron chi connectivity index (χ4n) is 1.21. The van der Waals surface area contributed by atoms with Crippen molar-refractivity contribution in [3.63, 3.8) is 0 Å². The number of nitrogens with zero attached hydrogens (tertiary/aromatic N) is 1. The molecule has 0 aliphatic rings. The number of hydroxylamine groups is 2. The van der Waals surface area contributed by atoms with Crippen LogP contribution >= 0.6 is 15.9 Å². The molecule has 0 radical (unpaired) electrons. The zero-order chi connectivity index (χ0) is 12.1. The number of rotatable bonds is 4. The Hall–Kier alpha value is -1.07. The topological polar surface area (TPSA) is 38.8 Å². The van der Waals surface area contributed by atoms with Gasteiger partial charge in [-0.25, -0.2) is 5.06 Å². The van der Waals surface area contributed by atoms with Gasteiger partial charge in [-0.1, -0.05) is 6.07 Å². The van der Waals surface area contributed by atoms with E-state index in [1.165, 1.54) is 12.2 Å². The largest absolute Gasteiger partial charge is 0.496 e. The number of halogens is 1. The molecule has 0 bridgehead atoms. The van der Waals surface area contributed by atoms with E-state index < -0.39 is 0 Å². The molecule has 1 rings (SSSR count). The third-order valence-electron chi connectivity index (χ3n) is 2.20. The van der Waals surface area contributed by atoms with Gasteiger partial charge in [0.2, 0.25) is 5.91 Å². The molecule has 0 aromatic heterocycles. The van der Waals surface area contributed by atoms with Gasteiger partial charge < -0.3 is 4.74 Å². The highest BCUT2D eigenvalue weighted by molar-refractivity contribution is 9.10. The van der Waals surface area contributed by atoms with E-state index in [1.54, 1.807) is 14.2 Å². The number of hydrogen-bond donors (Lipinski definition) is 0. The van der Waals surface area contributed by atoms with Crippen LogP contribution in [0.1, 0.15) is 5.56 Å². The zero-order valence-electron chi connectivity index (χ0n) is 9.49. The number of methoxy groups -OCH3 is 1. The average Bonchev–Trinajstić information content (AvgIpc) is 2.28. The van der Waals surface area contributed by atoms with E-state index in [0.29, 0.717) is 6.42 Å². The summed E-state index contributed by atoms with van der Waals surface area (Å²) in [7, 11) is 4.65. The summed E-state index contributed by atoms with van der Waals surface area (Å²) in [6.45, 7) is 0. The van der Waals surface area contributed by atoms with Gasteiger partial charge in [0.05, 0.1) is 25.1 Å². The van der Waals surface area contributed by atoms with Crippen LogP contribution in [0.3, 0.4) is 0 Å². The molecule has 0 unspecified atom stereocenters. The first-order valence-corrected chi connectivity index (χ1v) is 5.51. The Labute approximate surface area is 103 Å². The molecule has 1 amide bonds. The first-order chi connectivity index (χ1) is 7.58. The minimum atomic E-state index is -0.0976. The fourth-order valence-corrected chi connectivity index (χ4v) is 1.80. The molecule has 0 fully saturated rings. The Morgan fingerprint density at radius 2 is 2.12 bits per heavy atom. The van der Waals surface area contributed by atoms with Crippen LogP contribution in [0.5, 0.6) is 5.75 Å². The lowest BCUT2D eigenvalue weighted by molar-refractivity contribution is -0.167. The van der Waals surface area contributed by atoms with E-state index in [9.17, 15) is 4.79 Å². The summed E-state index contributed by atoms with van der Waals surface area (Å²) in [5, 5.41) is 1.21. The lowest BCUT2D eigenvalue weighted by atomic mass is 10.1. The normalized spacial score (nSPS) is 10.0. The highest BCUT2D eigenvalue weighted by atomic mass is 79.9. The minimum Gasteiger partial charge on any atom is -0.496 e. The molecule has 16 heavy (non-hydrogen) atoms. The Kier molecular flexibility index (Phi) is 4.76. The predicted octanol–water partition coefficient (Wildman–Crippen LogP) is 2.02. The highest BCUT2D eigenvalue weighted by Crippen LogP contribution is 2.25. The van der Waals surface area contributed by atoms with Crippen LogP contribution in [0, 0.1) is 0 Å². The summed E-state index contributed by atoms with van der Waals surface area (Å²) in [6, 6.07) is 5.53. The van der Waals surface area contributed by atoms with Crippen LogP contribution in [-0.2, 0) is 16.1 Å². The minimum absolute atomic E-state index is 0.0976. The van der Waals surface area contributed by atoms with Gasteiger partial charge in [0.15, 0.2) is 0 Å². The monoisotopic (exact) mass is 287 g/mol. The average molecular weight is 288 g/mol. The van der Waals surface area contributed by atoms with Gasteiger partial charge in [-0.15, -0.1) is 0 Å². The second-order valence-electron chi connectivity index (χ2n) is 3.22. The van der Waals surface area contributed by atoms with E-state index in [2.05, 4.69) is 15.9 Å². The van der Waals surface area contributed by atoms with Crippen molar-refractivity contribution in [2.45, 2.75) is 6.42 Å². The third-order valence-corrected chi connectivity index (χ3v) is 2.82. The SMILES string of the molecule is COc1ccc(CC(=O)N(C)OC)cc1Br. The number of amides is 1. The van der Waals surface area contributed by atoms with Gasteiger partial charge in [0.25, 0.3) is 0 Å². The number of ether oxygens (including phenoxy) is 1. The van der Waals surface area contributed by atoms with E-state index in [1.807, 2.05) is 18.2 Å². The van der Waals surface area contributed by atoms with Crippen molar-refractivity contribution in [3.05, 3.63) is 28.2 Å². The number of benzene rings is 1. The molecule has 0 saturated carbocycles. The molecule has 5 heteroatoms. The van der Waals surface area contributed by atoms with Gasteiger partial charge in [-0.2, -0.15) is 0 Å². The van der Waals surface area contributed by atoms with E-state index in [-0.39, 0.29) is 5.91 Å². The number of carbonyl (C=O) groups excluding carboxylic acids is 1. The molecule has 0 atom stereocenters. The molecule has 0 N–H and O–H groups in total. The maximum absolute atomic E-state index is 11.6. The number of likely N-dealkylation sites (N-methyl/N-ethyl adjacent to an activating group) is 1. The molecular formula is C11H14BrNO3. The summed E-state index contributed by atoms with van der Waals surface area (Å²) in [5.74, 6) is 0.649. The predicted molar refractivity (Wildman–Crippen MR) is 64.2 cm³/mol. The Bertz CT molecular complexity index is 381. The van der Waals surface area contributed by atoms with Crippen LogP contribution in [-0.4, -0.2) is 32.2 Å². The van der Waals surface area contributed by atoms with Gasteiger partial charge in [0.1, 0.15) is 5.75 Å². The first-order valence-electron chi connectivity index (χ1n) is 4.71. The van der Waals surface area contributed by atoms with Crippen LogP contribution in [0.15, 0.2) is 22.7 Å². The maximum atomic E-state index is 11.6. The van der Waals surface area contributed by atoms with E-state index in [4.69, 9.17) is 9.57 Å². The summed E-state index contributed by atoms with van der Waals surface area (Å²) in [5.41, 5.74) is 0.904. The van der Waals surface area contributed by atoms with Crippen molar-refractivity contribution in [1.82, 2.24) is 5.06 Å². The molecule has 1 aromatic rings. The molecule has 4 nitrogen and oxygen atoms in total. The third kappa shape index (κ3) is 3.21. The smallest absolute Gasteiger partial charge is 0.250 e. The maximum Gasteiger partial charge on any atom is 0.250 e. The van der Waals surface area contributed by atoms with Crippen LogP contribution in [0.4, 0.5) is 0 Å². The van der Waals surface area contributed by atoms with Crippen LogP contribution in [0.25, 0.3) is 0 Å². The summed E-state index contributed by atoms with van der Waals surface area (Å²) < 4.78 is 5.94. The van der Waals surface area contributed by atoms with Crippen molar-refractivity contribution in [3.8, 4) is 5.75 Å². The Morgan fingerprint density at radius 1 is 1.44 bits per heavy atom. The second kappa shape index (κ2) is 5.86. The fraction of sp³-hybridized carbons (Fsp3) is 0.364. The summed E-state index contributed by atoms with van der Waals surface area (Å²) in [6.07, 6.45) is 0.299. The lowest BCUT2D eigenvalue weighted by Gasteiger charge is -2.13. The van der Waals surface area contributed by atoms with Crippen molar-refractivity contribution in [2.24, 2.45) is 0 Å². The Balaban J connectivity index is 2.75. The molecular weight excluding hydrogens is 274 g/mol. The molecule has 0 saturated heterocycles. The lowest BCUT2D eigenvalue weighted by Crippen LogP contribution is -2.26. The van der Waals surface area contributed by atoms with Gasteiger partial charge in [-0.05, 0) is 33.6 Å². The van der Waals surface area contributed by atoms with E-state index in [0.717, 1.165) is 15.8 Å². The van der Waals surface area contributed by atoms with Crippen molar-refractivity contribution in [1.29, 1.82) is 0 Å².